The van der Waals surface area contributed by atoms with E-state index in [0.29, 0.717) is 17.1 Å². The molecular formula is C17H29NO4. The molecule has 22 heavy (non-hydrogen) atoms. The Labute approximate surface area is 134 Å². The highest BCUT2D eigenvalue weighted by atomic mass is 16.5. The zero-order chi connectivity index (χ0) is 18.0. The van der Waals surface area contributed by atoms with Crippen LogP contribution in [0.15, 0.2) is 18.2 Å². The van der Waals surface area contributed by atoms with Gasteiger partial charge in [-0.15, -0.1) is 0 Å². The van der Waals surface area contributed by atoms with E-state index in [9.17, 15) is 4.79 Å². The molecule has 0 saturated carbocycles. The molecule has 0 unspecified atom stereocenters. The first-order valence-electron chi connectivity index (χ1n) is 7.49. The number of nitrogens with zero attached hydrogens (tertiary/aromatic N) is 1. The molecule has 5 heteroatoms. The molecule has 0 atom stereocenters. The number of hydrogen-bond acceptors (Lipinski definition) is 5. The van der Waals surface area contributed by atoms with Crippen LogP contribution in [-0.4, -0.2) is 26.8 Å². The lowest BCUT2D eigenvalue weighted by Gasteiger charge is -2.09. The number of nitriles is 1. The van der Waals surface area contributed by atoms with E-state index in [0.717, 1.165) is 0 Å². The Balaban J connectivity index is -0.000000535. The lowest BCUT2D eigenvalue weighted by molar-refractivity contribution is 0.0600. The Morgan fingerprint density at radius 1 is 1.05 bits per heavy atom. The van der Waals surface area contributed by atoms with E-state index in [-0.39, 0.29) is 6.61 Å². The molecule has 0 aliphatic heterocycles. The van der Waals surface area contributed by atoms with Crippen molar-refractivity contribution in [3.63, 3.8) is 0 Å². The quantitative estimate of drug-likeness (QED) is 0.768. The molecule has 0 aliphatic rings. The number of rotatable bonds is 4. The lowest BCUT2D eigenvalue weighted by Crippen LogP contribution is -2.03. The molecule has 0 aliphatic carbocycles. The number of methoxy groups -OCH3 is 2. The van der Waals surface area contributed by atoms with Gasteiger partial charge >= 0.3 is 5.97 Å². The first-order chi connectivity index (χ1) is 10.7. The van der Waals surface area contributed by atoms with Crippen molar-refractivity contribution in [2.24, 2.45) is 0 Å². The van der Waals surface area contributed by atoms with Crippen molar-refractivity contribution in [2.45, 2.75) is 41.5 Å². The summed E-state index contributed by atoms with van der Waals surface area (Å²) in [6.45, 7) is 11.9. The molecule has 0 aromatic heterocycles. The summed E-state index contributed by atoms with van der Waals surface area (Å²) >= 11 is 0. The van der Waals surface area contributed by atoms with Crippen LogP contribution in [0.25, 0.3) is 0 Å². The van der Waals surface area contributed by atoms with Crippen LogP contribution in [0.4, 0.5) is 0 Å². The monoisotopic (exact) mass is 311 g/mol. The molecular weight excluding hydrogens is 282 g/mol. The summed E-state index contributed by atoms with van der Waals surface area (Å²) in [7, 11) is 2.75. The van der Waals surface area contributed by atoms with E-state index in [1.807, 2.05) is 47.6 Å². The summed E-state index contributed by atoms with van der Waals surface area (Å²) in [6, 6.07) is 6.45. The average molecular weight is 311 g/mol. The Hall–Kier alpha value is -2.22. The Kier molecular flexibility index (Phi) is 21.1. The second kappa shape index (κ2) is 18.8. The number of carbonyl (C=O) groups is 1. The van der Waals surface area contributed by atoms with Gasteiger partial charge in [0.15, 0.2) is 18.1 Å². The molecule has 5 nitrogen and oxygen atoms in total. The second-order valence-electron chi connectivity index (χ2n) is 2.80. The largest absolute Gasteiger partial charge is 0.493 e. The van der Waals surface area contributed by atoms with E-state index < -0.39 is 5.97 Å². The highest BCUT2D eigenvalue weighted by Crippen LogP contribution is 2.28. The van der Waals surface area contributed by atoms with Gasteiger partial charge in [-0.05, 0) is 18.2 Å². The van der Waals surface area contributed by atoms with Crippen LogP contribution in [0.5, 0.6) is 11.5 Å². The second-order valence-corrected chi connectivity index (χ2v) is 2.80. The number of carbonyl (C=O) groups excluding carboxylic acids is 1. The first-order valence-corrected chi connectivity index (χ1v) is 7.49. The maximum Gasteiger partial charge on any atom is 0.337 e. The molecule has 0 heterocycles. The van der Waals surface area contributed by atoms with Crippen molar-refractivity contribution in [3.05, 3.63) is 23.8 Å². The minimum atomic E-state index is -0.454. The summed E-state index contributed by atoms with van der Waals surface area (Å²) < 4.78 is 14.7. The van der Waals surface area contributed by atoms with Gasteiger partial charge in [0.05, 0.1) is 19.8 Å². The van der Waals surface area contributed by atoms with Crippen molar-refractivity contribution < 1.29 is 19.0 Å². The zero-order valence-corrected chi connectivity index (χ0v) is 15.0. The molecule has 0 amide bonds. The summed E-state index contributed by atoms with van der Waals surface area (Å²) in [6.07, 6.45) is 0. The molecule has 0 N–H and O–H groups in total. The molecule has 0 radical (unpaired) electrons. The zero-order valence-electron chi connectivity index (χ0n) is 15.0. The number of esters is 1. The summed E-state index contributed by atoms with van der Waals surface area (Å²) in [5.74, 6) is 0.347. The summed E-state index contributed by atoms with van der Waals surface area (Å²) in [4.78, 5) is 11.2. The van der Waals surface area contributed by atoms with Crippen LogP contribution in [0.1, 0.15) is 51.9 Å². The van der Waals surface area contributed by atoms with Gasteiger partial charge in [-0.25, -0.2) is 4.79 Å². The van der Waals surface area contributed by atoms with Gasteiger partial charge in [-0.2, -0.15) is 5.26 Å². The SMILES string of the molecule is CC.CC.CC.COC(=O)c1ccc(OCC#N)c(OC)c1. The van der Waals surface area contributed by atoms with Crippen molar-refractivity contribution in [2.75, 3.05) is 20.8 Å². The van der Waals surface area contributed by atoms with E-state index in [4.69, 9.17) is 14.7 Å². The fraction of sp³-hybridized carbons (Fsp3) is 0.529. The molecule has 1 rings (SSSR count). The molecule has 1 aromatic rings. The number of ether oxygens (including phenoxy) is 3. The van der Waals surface area contributed by atoms with Crippen LogP contribution in [0.2, 0.25) is 0 Å². The molecule has 0 bridgehead atoms. The minimum absolute atomic E-state index is 0.0755. The number of hydrogen-bond donors (Lipinski definition) is 0. The lowest BCUT2D eigenvalue weighted by atomic mass is 10.2. The van der Waals surface area contributed by atoms with Gasteiger partial charge < -0.3 is 14.2 Å². The third kappa shape index (κ3) is 9.65. The van der Waals surface area contributed by atoms with Crippen LogP contribution in [0, 0.1) is 11.3 Å². The highest BCUT2D eigenvalue weighted by molar-refractivity contribution is 5.90. The predicted molar refractivity (Wildman–Crippen MR) is 89.5 cm³/mol. The van der Waals surface area contributed by atoms with Gasteiger partial charge in [-0.3, -0.25) is 0 Å². The van der Waals surface area contributed by atoms with Crippen molar-refractivity contribution in [1.82, 2.24) is 0 Å². The standard InChI is InChI=1S/C11H11NO4.3C2H6/c1-14-10-7-8(11(13)15-2)3-4-9(10)16-6-5-12;3*1-2/h3-4,7H,6H2,1-2H3;3*1-2H3. The molecule has 126 valence electrons. The Bertz CT molecular complexity index is 425. The third-order valence-corrected chi connectivity index (χ3v) is 1.88. The van der Waals surface area contributed by atoms with Crippen LogP contribution in [0.3, 0.4) is 0 Å². The highest BCUT2D eigenvalue weighted by Gasteiger charge is 2.10. The summed E-state index contributed by atoms with van der Waals surface area (Å²) in [5, 5.41) is 8.38. The maximum absolute atomic E-state index is 11.2. The van der Waals surface area contributed by atoms with E-state index in [1.54, 1.807) is 12.1 Å². The predicted octanol–water partition coefficient (Wildman–Crippen LogP) is 4.46. The first kappa shape index (κ1) is 24.8. The molecule has 0 spiro atoms. The smallest absolute Gasteiger partial charge is 0.337 e. The summed E-state index contributed by atoms with van der Waals surface area (Å²) in [5.41, 5.74) is 0.364. The van der Waals surface area contributed by atoms with Crippen LogP contribution in [-0.2, 0) is 4.74 Å². The van der Waals surface area contributed by atoms with Gasteiger partial charge in [0.25, 0.3) is 0 Å². The van der Waals surface area contributed by atoms with Gasteiger partial charge in [-0.1, -0.05) is 41.5 Å². The van der Waals surface area contributed by atoms with Crippen molar-refractivity contribution >= 4 is 5.97 Å². The molecule has 0 fully saturated rings. The number of benzene rings is 1. The normalized spacial score (nSPS) is 7.41. The fourth-order valence-electron chi connectivity index (χ4n) is 1.14. The van der Waals surface area contributed by atoms with Crippen molar-refractivity contribution in [3.8, 4) is 17.6 Å². The fourth-order valence-corrected chi connectivity index (χ4v) is 1.14. The van der Waals surface area contributed by atoms with Crippen LogP contribution >= 0.6 is 0 Å². The van der Waals surface area contributed by atoms with Gasteiger partial charge in [0, 0.05) is 0 Å². The third-order valence-electron chi connectivity index (χ3n) is 1.88. The Morgan fingerprint density at radius 3 is 2.00 bits per heavy atom. The van der Waals surface area contributed by atoms with E-state index in [2.05, 4.69) is 4.74 Å². The topological polar surface area (TPSA) is 68.5 Å². The van der Waals surface area contributed by atoms with Gasteiger partial charge in [0.2, 0.25) is 0 Å². The maximum atomic E-state index is 11.2. The van der Waals surface area contributed by atoms with E-state index >= 15 is 0 Å². The van der Waals surface area contributed by atoms with Crippen LogP contribution < -0.4 is 9.47 Å². The van der Waals surface area contributed by atoms with E-state index in [1.165, 1.54) is 20.3 Å². The Morgan fingerprint density at radius 2 is 1.59 bits per heavy atom. The van der Waals surface area contributed by atoms with Gasteiger partial charge in [0.1, 0.15) is 6.07 Å². The molecule has 0 saturated heterocycles. The average Bonchev–Trinajstić information content (AvgIpc) is 2.64. The van der Waals surface area contributed by atoms with Crippen molar-refractivity contribution in [1.29, 1.82) is 5.26 Å². The minimum Gasteiger partial charge on any atom is -0.493 e. The molecule has 1 aromatic carbocycles.